The minimum Gasteiger partial charge on any atom is -0.372 e. The molecule has 34 heavy (non-hydrogen) atoms. The first-order valence-electron chi connectivity index (χ1n) is 11.8. The highest BCUT2D eigenvalue weighted by Crippen LogP contribution is 2.15. The summed E-state index contributed by atoms with van der Waals surface area (Å²) < 4.78 is 5.71. The lowest BCUT2D eigenvalue weighted by Crippen LogP contribution is -2.49. The topological polar surface area (TPSA) is 87.7 Å². The van der Waals surface area contributed by atoms with E-state index < -0.39 is 6.04 Å². The van der Waals surface area contributed by atoms with Gasteiger partial charge in [0.1, 0.15) is 6.04 Å². The minimum absolute atomic E-state index is 0.0163. The lowest BCUT2D eigenvalue weighted by molar-refractivity contribution is -0.124. The highest BCUT2D eigenvalue weighted by Gasteiger charge is 2.27. The number of benzene rings is 2. The van der Waals surface area contributed by atoms with E-state index in [-0.39, 0.29) is 35.8 Å². The van der Waals surface area contributed by atoms with Gasteiger partial charge in [-0.2, -0.15) is 0 Å². The summed E-state index contributed by atoms with van der Waals surface area (Å²) in [6.07, 6.45) is 0.0326. The molecule has 3 amide bonds. The van der Waals surface area contributed by atoms with E-state index in [1.807, 2.05) is 63.8 Å². The molecular formula is C27H35N3O4. The molecule has 7 nitrogen and oxygen atoms in total. The van der Waals surface area contributed by atoms with E-state index in [1.165, 1.54) is 0 Å². The maximum atomic E-state index is 12.8. The minimum atomic E-state index is -0.653. The monoisotopic (exact) mass is 465 g/mol. The van der Waals surface area contributed by atoms with Crippen molar-refractivity contribution in [2.75, 3.05) is 13.1 Å². The fourth-order valence-corrected chi connectivity index (χ4v) is 4.06. The largest absolute Gasteiger partial charge is 0.372 e. The van der Waals surface area contributed by atoms with Gasteiger partial charge in [-0.1, -0.05) is 43.7 Å². The van der Waals surface area contributed by atoms with Crippen LogP contribution in [0.2, 0.25) is 0 Å². The van der Waals surface area contributed by atoms with Crippen molar-refractivity contribution in [3.63, 3.8) is 0 Å². The summed E-state index contributed by atoms with van der Waals surface area (Å²) >= 11 is 0. The molecular weight excluding hydrogens is 430 g/mol. The van der Waals surface area contributed by atoms with Crippen LogP contribution in [-0.4, -0.2) is 54.0 Å². The van der Waals surface area contributed by atoms with Gasteiger partial charge in [-0.05, 0) is 56.5 Å². The third-order valence-corrected chi connectivity index (χ3v) is 5.92. The SMILES string of the molecule is Cc1ccc(C(=O)NC(C(=O)NCc2ccc(C(=O)N3CC(C)OC(C)C3)cc2)C(C)C)cc1. The fourth-order valence-electron chi connectivity index (χ4n) is 4.06. The molecule has 1 saturated heterocycles. The Balaban J connectivity index is 1.56. The van der Waals surface area contributed by atoms with Crippen LogP contribution in [0, 0.1) is 12.8 Å². The lowest BCUT2D eigenvalue weighted by Gasteiger charge is -2.35. The van der Waals surface area contributed by atoms with Gasteiger partial charge in [0, 0.05) is 30.8 Å². The highest BCUT2D eigenvalue weighted by molar-refractivity contribution is 5.97. The van der Waals surface area contributed by atoms with Crippen molar-refractivity contribution in [1.82, 2.24) is 15.5 Å². The molecule has 2 aromatic rings. The van der Waals surface area contributed by atoms with Gasteiger partial charge in [0.05, 0.1) is 12.2 Å². The van der Waals surface area contributed by atoms with Crippen LogP contribution in [0.1, 0.15) is 59.5 Å². The first-order valence-corrected chi connectivity index (χ1v) is 11.8. The maximum absolute atomic E-state index is 12.8. The average molecular weight is 466 g/mol. The van der Waals surface area contributed by atoms with Crippen molar-refractivity contribution in [3.05, 3.63) is 70.8 Å². The van der Waals surface area contributed by atoms with E-state index in [0.717, 1.165) is 11.1 Å². The molecule has 1 heterocycles. The van der Waals surface area contributed by atoms with Gasteiger partial charge in [0.15, 0.2) is 0 Å². The number of hydrogen-bond donors (Lipinski definition) is 2. The Morgan fingerprint density at radius 1 is 0.941 bits per heavy atom. The quantitative estimate of drug-likeness (QED) is 0.657. The molecule has 0 spiro atoms. The number of amides is 3. The third-order valence-electron chi connectivity index (χ3n) is 5.92. The zero-order valence-electron chi connectivity index (χ0n) is 20.6. The van der Waals surface area contributed by atoms with Crippen LogP contribution in [0.5, 0.6) is 0 Å². The zero-order valence-corrected chi connectivity index (χ0v) is 20.6. The molecule has 0 aliphatic carbocycles. The summed E-state index contributed by atoms with van der Waals surface area (Å²) in [5.74, 6) is -0.612. The lowest BCUT2D eigenvalue weighted by atomic mass is 10.0. The Bertz CT molecular complexity index is 992. The molecule has 2 aromatic carbocycles. The number of aryl methyl sites for hydroxylation is 1. The maximum Gasteiger partial charge on any atom is 0.254 e. The van der Waals surface area contributed by atoms with E-state index in [1.54, 1.807) is 24.3 Å². The van der Waals surface area contributed by atoms with Crippen LogP contribution in [-0.2, 0) is 16.1 Å². The molecule has 2 N–H and O–H groups in total. The second-order valence-corrected chi connectivity index (χ2v) is 9.44. The van der Waals surface area contributed by atoms with Gasteiger partial charge in [-0.15, -0.1) is 0 Å². The van der Waals surface area contributed by atoms with Crippen LogP contribution in [0.15, 0.2) is 48.5 Å². The van der Waals surface area contributed by atoms with Crippen molar-refractivity contribution >= 4 is 17.7 Å². The van der Waals surface area contributed by atoms with E-state index in [9.17, 15) is 14.4 Å². The van der Waals surface area contributed by atoms with Gasteiger partial charge < -0.3 is 20.3 Å². The molecule has 1 aliphatic heterocycles. The first kappa shape index (κ1) is 25.4. The number of hydrogen-bond acceptors (Lipinski definition) is 4. The molecule has 0 radical (unpaired) electrons. The van der Waals surface area contributed by atoms with Crippen molar-refractivity contribution in [1.29, 1.82) is 0 Å². The normalized spacial score (nSPS) is 18.9. The predicted octanol–water partition coefficient (Wildman–Crippen LogP) is 3.32. The molecule has 7 heteroatoms. The molecule has 0 saturated carbocycles. The van der Waals surface area contributed by atoms with Crippen LogP contribution in [0.25, 0.3) is 0 Å². The summed E-state index contributed by atoms with van der Waals surface area (Å²) in [6.45, 7) is 11.1. The molecule has 0 bridgehead atoms. The Hall–Kier alpha value is -3.19. The Morgan fingerprint density at radius 3 is 2.06 bits per heavy atom. The summed E-state index contributed by atoms with van der Waals surface area (Å²) in [4.78, 5) is 40.1. The smallest absolute Gasteiger partial charge is 0.254 e. The van der Waals surface area contributed by atoms with Crippen LogP contribution in [0.3, 0.4) is 0 Å². The standard InChI is InChI=1S/C27H35N3O4/c1-17(2)24(29-25(31)22-10-6-18(3)7-11-22)26(32)28-14-21-8-12-23(13-9-21)27(33)30-15-19(4)34-20(5)16-30/h6-13,17,19-20,24H,14-16H2,1-5H3,(H,28,32)(H,29,31). The van der Waals surface area contributed by atoms with Crippen molar-refractivity contribution < 1.29 is 19.1 Å². The molecule has 3 atom stereocenters. The van der Waals surface area contributed by atoms with Crippen LogP contribution in [0.4, 0.5) is 0 Å². The Labute approximate surface area is 201 Å². The molecule has 182 valence electrons. The molecule has 3 rings (SSSR count). The predicted molar refractivity (Wildman–Crippen MR) is 131 cm³/mol. The number of carbonyl (C=O) groups excluding carboxylic acids is 3. The number of nitrogens with one attached hydrogen (secondary N) is 2. The number of nitrogens with zero attached hydrogens (tertiary/aromatic N) is 1. The van der Waals surface area contributed by atoms with E-state index in [4.69, 9.17) is 4.74 Å². The van der Waals surface area contributed by atoms with Crippen molar-refractivity contribution in [3.8, 4) is 0 Å². The Morgan fingerprint density at radius 2 is 1.50 bits per heavy atom. The number of morpholine rings is 1. The summed E-state index contributed by atoms with van der Waals surface area (Å²) in [5, 5.41) is 5.75. The van der Waals surface area contributed by atoms with E-state index >= 15 is 0 Å². The number of ether oxygens (including phenoxy) is 1. The second kappa shape index (κ2) is 11.3. The van der Waals surface area contributed by atoms with Crippen LogP contribution >= 0.6 is 0 Å². The van der Waals surface area contributed by atoms with Gasteiger partial charge in [-0.3, -0.25) is 14.4 Å². The van der Waals surface area contributed by atoms with Crippen LogP contribution < -0.4 is 10.6 Å². The molecule has 1 aliphatic rings. The highest BCUT2D eigenvalue weighted by atomic mass is 16.5. The fraction of sp³-hybridized carbons (Fsp3) is 0.444. The summed E-state index contributed by atoms with van der Waals surface area (Å²) in [7, 11) is 0. The molecule has 3 unspecified atom stereocenters. The van der Waals surface area contributed by atoms with Crippen molar-refractivity contribution in [2.24, 2.45) is 5.92 Å². The van der Waals surface area contributed by atoms with Gasteiger partial charge in [0.2, 0.25) is 5.91 Å². The number of carbonyl (C=O) groups is 3. The summed E-state index contributed by atoms with van der Waals surface area (Å²) in [6, 6.07) is 13.8. The van der Waals surface area contributed by atoms with Crippen molar-refractivity contribution in [2.45, 2.75) is 59.4 Å². The Kier molecular flexibility index (Phi) is 8.45. The first-order chi connectivity index (χ1) is 16.1. The van der Waals surface area contributed by atoms with E-state index in [0.29, 0.717) is 30.8 Å². The van der Waals surface area contributed by atoms with Gasteiger partial charge >= 0.3 is 0 Å². The zero-order chi connectivity index (χ0) is 24.8. The second-order valence-electron chi connectivity index (χ2n) is 9.44. The van der Waals surface area contributed by atoms with E-state index in [2.05, 4.69) is 10.6 Å². The van der Waals surface area contributed by atoms with Gasteiger partial charge in [0.25, 0.3) is 11.8 Å². The number of rotatable bonds is 7. The van der Waals surface area contributed by atoms with Gasteiger partial charge in [-0.25, -0.2) is 0 Å². The molecule has 1 fully saturated rings. The average Bonchev–Trinajstić information content (AvgIpc) is 2.80. The summed E-state index contributed by atoms with van der Waals surface area (Å²) in [5.41, 5.74) is 3.08. The molecule has 0 aromatic heterocycles. The third kappa shape index (κ3) is 6.67.